The van der Waals surface area contributed by atoms with E-state index in [4.69, 9.17) is 0 Å². The summed E-state index contributed by atoms with van der Waals surface area (Å²) in [6, 6.07) is 0.450. The Hall–Kier alpha value is -0.320. The average Bonchev–Trinajstić information content (AvgIpc) is 2.49. The Bertz CT molecular complexity index is 251. The molecule has 1 amide bonds. The van der Waals surface area contributed by atoms with Gasteiger partial charge in [0.25, 0.3) is 5.91 Å². The molecule has 14 heavy (non-hydrogen) atoms. The van der Waals surface area contributed by atoms with E-state index in [1.807, 2.05) is 4.90 Å². The molecule has 0 aromatic carbocycles. The maximum absolute atomic E-state index is 11.5. The molecule has 0 aromatic rings. The quantitative estimate of drug-likeness (QED) is 0.607. The van der Waals surface area contributed by atoms with Gasteiger partial charge in [-0.2, -0.15) is 0 Å². The van der Waals surface area contributed by atoms with E-state index in [-0.39, 0.29) is 18.3 Å². The van der Waals surface area contributed by atoms with Crippen molar-refractivity contribution >= 4 is 18.3 Å². The lowest BCUT2D eigenvalue weighted by molar-refractivity contribution is -0.135. The van der Waals surface area contributed by atoms with Gasteiger partial charge >= 0.3 is 0 Å². The fourth-order valence-electron chi connectivity index (χ4n) is 2.83. The van der Waals surface area contributed by atoms with Crippen LogP contribution in [0, 0.1) is 11.8 Å². The summed E-state index contributed by atoms with van der Waals surface area (Å²) in [6.45, 7) is 2.86. The number of likely N-dealkylation sites (tertiary alicyclic amines) is 1. The first-order valence-corrected chi connectivity index (χ1v) is 4.98. The summed E-state index contributed by atoms with van der Waals surface area (Å²) in [6.07, 6.45) is -0.0864. The summed E-state index contributed by atoms with van der Waals surface area (Å²) in [7, 11) is 0. The zero-order chi connectivity index (χ0) is 9.00. The molecule has 4 nitrogen and oxygen atoms in total. The molecule has 0 spiro atoms. The summed E-state index contributed by atoms with van der Waals surface area (Å²) < 4.78 is 0. The minimum atomic E-state index is -0.714. The second-order valence-corrected chi connectivity index (χ2v) is 4.31. The van der Waals surface area contributed by atoms with Crippen LogP contribution in [-0.2, 0) is 4.79 Å². The van der Waals surface area contributed by atoms with Crippen LogP contribution in [0.15, 0.2) is 0 Å². The Balaban J connectivity index is 0.000000750. The van der Waals surface area contributed by atoms with Crippen LogP contribution in [0.5, 0.6) is 0 Å². The van der Waals surface area contributed by atoms with E-state index in [1.54, 1.807) is 0 Å². The molecule has 80 valence electrons. The number of hydrogen-bond acceptors (Lipinski definition) is 3. The van der Waals surface area contributed by atoms with Crippen LogP contribution >= 0.6 is 12.4 Å². The van der Waals surface area contributed by atoms with Crippen molar-refractivity contribution in [1.82, 2.24) is 10.2 Å². The third kappa shape index (κ3) is 1.25. The van der Waals surface area contributed by atoms with Crippen molar-refractivity contribution < 1.29 is 9.90 Å². The Morgan fingerprint density at radius 3 is 2.50 bits per heavy atom. The molecule has 3 fully saturated rings. The summed E-state index contributed by atoms with van der Waals surface area (Å²) >= 11 is 0. The molecule has 0 aromatic heterocycles. The van der Waals surface area contributed by atoms with Crippen LogP contribution in [0.1, 0.15) is 6.42 Å². The van der Waals surface area contributed by atoms with Gasteiger partial charge in [-0.1, -0.05) is 0 Å². The lowest BCUT2D eigenvalue weighted by Crippen LogP contribution is -2.36. The number of aliphatic hydroxyl groups excluding tert-OH is 1. The van der Waals surface area contributed by atoms with E-state index in [1.165, 1.54) is 0 Å². The number of amides is 1. The summed E-state index contributed by atoms with van der Waals surface area (Å²) in [4.78, 5) is 13.4. The Morgan fingerprint density at radius 2 is 2.00 bits per heavy atom. The number of halogens is 1. The predicted molar refractivity (Wildman–Crippen MR) is 53.2 cm³/mol. The molecular weight excluding hydrogens is 204 g/mol. The first-order chi connectivity index (χ1) is 6.29. The number of rotatable bonds is 1. The first-order valence-electron chi connectivity index (χ1n) is 4.98. The highest BCUT2D eigenvalue weighted by Crippen LogP contribution is 2.46. The van der Waals surface area contributed by atoms with Gasteiger partial charge in [0.1, 0.15) is 6.10 Å². The molecule has 3 atom stereocenters. The number of nitrogens with zero attached hydrogens (tertiary/aromatic N) is 1. The van der Waals surface area contributed by atoms with E-state index >= 15 is 0 Å². The van der Waals surface area contributed by atoms with Crippen LogP contribution in [0.25, 0.3) is 0 Å². The third-order valence-electron chi connectivity index (χ3n) is 3.62. The molecule has 0 unspecified atom stereocenters. The van der Waals surface area contributed by atoms with Crippen molar-refractivity contribution in [2.24, 2.45) is 11.8 Å². The van der Waals surface area contributed by atoms with E-state index in [9.17, 15) is 9.90 Å². The number of carbonyl (C=O) groups is 1. The number of nitrogens with one attached hydrogen (secondary N) is 1. The first kappa shape index (κ1) is 10.2. The Labute approximate surface area is 89.1 Å². The van der Waals surface area contributed by atoms with E-state index < -0.39 is 6.10 Å². The van der Waals surface area contributed by atoms with Crippen molar-refractivity contribution in [2.45, 2.75) is 18.6 Å². The SMILES string of the molecule is Cl.O=C1[C@H](O)CCN1C1[C@H]2CNC[C@H]12. The minimum absolute atomic E-state index is 0. The average molecular weight is 219 g/mol. The highest BCUT2D eigenvalue weighted by atomic mass is 35.5. The second kappa shape index (κ2) is 3.36. The van der Waals surface area contributed by atoms with Crippen LogP contribution in [0.3, 0.4) is 0 Å². The molecule has 0 radical (unpaired) electrons. The van der Waals surface area contributed by atoms with Crippen molar-refractivity contribution in [2.75, 3.05) is 19.6 Å². The fraction of sp³-hybridized carbons (Fsp3) is 0.889. The fourth-order valence-corrected chi connectivity index (χ4v) is 2.83. The molecule has 2 N–H and O–H groups in total. The Morgan fingerprint density at radius 1 is 1.36 bits per heavy atom. The van der Waals surface area contributed by atoms with Gasteiger partial charge < -0.3 is 15.3 Å². The minimum Gasteiger partial charge on any atom is -0.383 e. The number of aliphatic hydroxyl groups is 1. The maximum atomic E-state index is 11.5. The van der Waals surface area contributed by atoms with Crippen LogP contribution in [0.4, 0.5) is 0 Å². The van der Waals surface area contributed by atoms with Crippen molar-refractivity contribution in [1.29, 1.82) is 0 Å². The predicted octanol–water partition coefficient (Wildman–Crippen LogP) is -0.781. The molecule has 3 aliphatic rings. The maximum Gasteiger partial charge on any atom is 0.251 e. The topological polar surface area (TPSA) is 52.6 Å². The zero-order valence-electron chi connectivity index (χ0n) is 7.85. The van der Waals surface area contributed by atoms with Crippen molar-refractivity contribution in [3.05, 3.63) is 0 Å². The van der Waals surface area contributed by atoms with Gasteiger partial charge in [0, 0.05) is 25.7 Å². The van der Waals surface area contributed by atoms with Crippen LogP contribution in [0.2, 0.25) is 0 Å². The number of fused-ring (bicyclic) bond motifs is 1. The third-order valence-corrected chi connectivity index (χ3v) is 3.62. The molecule has 2 aliphatic heterocycles. The largest absolute Gasteiger partial charge is 0.383 e. The molecule has 1 saturated carbocycles. The molecule has 2 saturated heterocycles. The molecule has 3 rings (SSSR count). The zero-order valence-corrected chi connectivity index (χ0v) is 8.67. The standard InChI is InChI=1S/C9H14N2O2.ClH/c12-7-1-2-11(9(7)13)8-5-3-10-4-6(5)8;/h5-8,10,12H,1-4H2;1H/t5-,6-,7+;/m0./s1. The highest BCUT2D eigenvalue weighted by molar-refractivity contribution is 5.85. The number of carbonyl (C=O) groups excluding carboxylic acids is 1. The van der Waals surface area contributed by atoms with Gasteiger partial charge in [-0.05, 0) is 18.3 Å². The number of hydrogen-bond donors (Lipinski definition) is 2. The molecule has 5 heteroatoms. The summed E-state index contributed by atoms with van der Waals surface area (Å²) in [5, 5.41) is 12.6. The van der Waals surface area contributed by atoms with Gasteiger partial charge in [0.05, 0.1) is 0 Å². The van der Waals surface area contributed by atoms with Crippen molar-refractivity contribution in [3.63, 3.8) is 0 Å². The van der Waals surface area contributed by atoms with E-state index in [0.717, 1.165) is 19.6 Å². The molecule has 1 aliphatic carbocycles. The number of piperidine rings is 1. The van der Waals surface area contributed by atoms with Gasteiger partial charge in [0.2, 0.25) is 0 Å². The normalized spacial score (nSPS) is 44.9. The smallest absolute Gasteiger partial charge is 0.251 e. The monoisotopic (exact) mass is 218 g/mol. The van der Waals surface area contributed by atoms with E-state index in [2.05, 4.69) is 5.32 Å². The van der Waals surface area contributed by atoms with Crippen LogP contribution in [-0.4, -0.2) is 47.7 Å². The van der Waals surface area contributed by atoms with Gasteiger partial charge in [-0.15, -0.1) is 12.4 Å². The van der Waals surface area contributed by atoms with Gasteiger partial charge in [-0.25, -0.2) is 0 Å². The molecule has 2 heterocycles. The second-order valence-electron chi connectivity index (χ2n) is 4.31. The molecular formula is C9H15ClN2O2. The lowest BCUT2D eigenvalue weighted by atomic mass is 10.3. The molecule has 0 bridgehead atoms. The highest BCUT2D eigenvalue weighted by Gasteiger charge is 2.58. The van der Waals surface area contributed by atoms with Gasteiger partial charge in [-0.3, -0.25) is 4.79 Å². The van der Waals surface area contributed by atoms with E-state index in [0.29, 0.717) is 24.3 Å². The summed E-state index contributed by atoms with van der Waals surface area (Å²) in [5.41, 5.74) is 0. The Kier molecular flexibility index (Phi) is 2.45. The summed E-state index contributed by atoms with van der Waals surface area (Å²) in [5.74, 6) is 1.31. The lowest BCUT2D eigenvalue weighted by Gasteiger charge is -2.18. The van der Waals surface area contributed by atoms with Crippen molar-refractivity contribution in [3.8, 4) is 0 Å². The van der Waals surface area contributed by atoms with Crippen LogP contribution < -0.4 is 5.32 Å². The van der Waals surface area contributed by atoms with Gasteiger partial charge in [0.15, 0.2) is 0 Å².